The number of aryl methyl sites for hydroxylation is 1. The Balaban J connectivity index is 2.13. The molecule has 1 aromatic heterocycles. The molecule has 0 spiro atoms. The van der Waals surface area contributed by atoms with Crippen molar-refractivity contribution in [2.24, 2.45) is 14.1 Å². The van der Waals surface area contributed by atoms with Crippen molar-refractivity contribution in [2.45, 2.75) is 24.4 Å². The number of hydrogen-bond acceptors (Lipinski definition) is 12. The van der Waals surface area contributed by atoms with Crippen LogP contribution in [0.5, 0.6) is 0 Å². The maximum Gasteiger partial charge on any atom is 0.490 e. The molecule has 32 heavy (non-hydrogen) atoms. The number of aliphatic hydroxyl groups excluding tert-OH is 2. The molecule has 20 heteroatoms. The van der Waals surface area contributed by atoms with Gasteiger partial charge in [-0.3, -0.25) is 18.4 Å². The van der Waals surface area contributed by atoms with E-state index in [2.05, 4.69) is 17.7 Å². The summed E-state index contributed by atoms with van der Waals surface area (Å²) in [6.45, 7) is -1.00. The van der Waals surface area contributed by atoms with Gasteiger partial charge in [0.1, 0.15) is 24.4 Å². The molecule has 184 valence electrons. The Kier molecular flexibility index (Phi) is 8.23. The zero-order valence-corrected chi connectivity index (χ0v) is 19.3. The SMILES string of the molecule is COP(=O)(O)OP(=O)(O)OP(=O)(O)OC[C@H]1O[C@@H](c2cn(C)c(=O)n(C)c2=O)C(O)C1O. The molecule has 1 fully saturated rings. The third kappa shape index (κ3) is 6.30. The lowest BCUT2D eigenvalue weighted by atomic mass is 10.0. The topological polar surface area (TPSA) is 243 Å². The van der Waals surface area contributed by atoms with E-state index in [0.29, 0.717) is 7.11 Å². The lowest BCUT2D eigenvalue weighted by Crippen LogP contribution is -2.40. The second-order valence-electron chi connectivity index (χ2n) is 6.47. The average Bonchev–Trinajstić information content (AvgIpc) is 2.94. The van der Waals surface area contributed by atoms with Crippen LogP contribution in [0.3, 0.4) is 0 Å². The van der Waals surface area contributed by atoms with E-state index in [-0.39, 0.29) is 5.56 Å². The van der Waals surface area contributed by atoms with Crippen LogP contribution in [-0.4, -0.2) is 66.1 Å². The Morgan fingerprint density at radius 3 is 2.12 bits per heavy atom. The molecule has 1 aromatic rings. The smallest absolute Gasteiger partial charge is 0.387 e. The minimum absolute atomic E-state index is 0.210. The van der Waals surface area contributed by atoms with Crippen molar-refractivity contribution in [3.8, 4) is 0 Å². The Hall–Kier alpha value is -1.03. The normalized spacial score (nSPS) is 29.2. The molecule has 0 saturated carbocycles. The summed E-state index contributed by atoms with van der Waals surface area (Å²) in [4.78, 5) is 52.0. The van der Waals surface area contributed by atoms with Crippen LogP contribution in [0, 0.1) is 0 Å². The highest BCUT2D eigenvalue weighted by Gasteiger charge is 2.47. The summed E-state index contributed by atoms with van der Waals surface area (Å²) < 4.78 is 57.5. The van der Waals surface area contributed by atoms with Crippen LogP contribution in [-0.2, 0) is 50.2 Å². The average molecular weight is 526 g/mol. The summed E-state index contributed by atoms with van der Waals surface area (Å²) in [5, 5.41) is 20.3. The van der Waals surface area contributed by atoms with Gasteiger partial charge in [0.05, 0.1) is 12.2 Å². The molecule has 0 aliphatic carbocycles. The van der Waals surface area contributed by atoms with E-state index in [1.807, 2.05) is 0 Å². The lowest BCUT2D eigenvalue weighted by molar-refractivity contribution is -0.0229. The first-order valence-corrected chi connectivity index (χ1v) is 12.9. The predicted octanol–water partition coefficient (Wildman–Crippen LogP) is -1.76. The van der Waals surface area contributed by atoms with Crippen molar-refractivity contribution >= 4 is 23.5 Å². The Labute approximate surface area is 179 Å². The van der Waals surface area contributed by atoms with Crippen LogP contribution in [0.15, 0.2) is 15.8 Å². The Morgan fingerprint density at radius 2 is 1.56 bits per heavy atom. The van der Waals surface area contributed by atoms with Crippen LogP contribution in [0.2, 0.25) is 0 Å². The van der Waals surface area contributed by atoms with Gasteiger partial charge < -0.3 is 34.2 Å². The number of hydrogen-bond donors (Lipinski definition) is 5. The maximum atomic E-state index is 12.3. The van der Waals surface area contributed by atoms with Gasteiger partial charge in [0, 0.05) is 27.4 Å². The standard InChI is InChI=1S/C12H21N2O15P3/c1-13-4-6(11(17)14(2)12(13)18)10-9(16)8(15)7(27-10)5-26-31(21,22)29-32(23,24)28-30(19,20)25-3/h4,7-10,15-16H,5H2,1-3H3,(H,19,20)(H,21,22)(H,23,24)/t7-,8?,9?,10+/m1/s1. The molecule has 1 aliphatic heterocycles. The molecule has 0 aromatic carbocycles. The van der Waals surface area contributed by atoms with Crippen molar-refractivity contribution < 1.29 is 61.0 Å². The first kappa shape index (κ1) is 27.2. The Bertz CT molecular complexity index is 1110. The molecule has 0 radical (unpaired) electrons. The van der Waals surface area contributed by atoms with Gasteiger partial charge in [-0.25, -0.2) is 18.5 Å². The summed E-state index contributed by atoms with van der Waals surface area (Å²) in [7, 11) is -13.0. The van der Waals surface area contributed by atoms with Crippen LogP contribution in [0.25, 0.3) is 0 Å². The molecule has 0 amide bonds. The van der Waals surface area contributed by atoms with Crippen molar-refractivity contribution in [1.29, 1.82) is 0 Å². The summed E-state index contributed by atoms with van der Waals surface area (Å²) in [5.74, 6) is 0. The molecule has 7 atom stereocenters. The van der Waals surface area contributed by atoms with Gasteiger partial charge in [-0.2, -0.15) is 8.62 Å². The third-order valence-electron chi connectivity index (χ3n) is 4.19. The summed E-state index contributed by atoms with van der Waals surface area (Å²) in [6.07, 6.45) is -5.40. The molecule has 0 bridgehead atoms. The van der Waals surface area contributed by atoms with Gasteiger partial charge in [-0.15, -0.1) is 0 Å². The fourth-order valence-corrected chi connectivity index (χ4v) is 5.94. The molecule has 2 rings (SSSR count). The number of rotatable bonds is 9. The van der Waals surface area contributed by atoms with Crippen LogP contribution in [0.4, 0.5) is 0 Å². The van der Waals surface area contributed by atoms with E-state index in [9.17, 15) is 43.3 Å². The summed E-state index contributed by atoms with van der Waals surface area (Å²) in [6, 6.07) is 0. The Morgan fingerprint density at radius 1 is 1.00 bits per heavy atom. The monoisotopic (exact) mass is 526 g/mol. The van der Waals surface area contributed by atoms with E-state index in [4.69, 9.17) is 9.63 Å². The predicted molar refractivity (Wildman–Crippen MR) is 101 cm³/mol. The fraction of sp³-hybridized carbons (Fsp3) is 0.667. The first-order valence-electron chi connectivity index (χ1n) is 8.40. The van der Waals surface area contributed by atoms with Gasteiger partial charge in [0.2, 0.25) is 0 Å². The van der Waals surface area contributed by atoms with Crippen molar-refractivity contribution in [3.63, 3.8) is 0 Å². The minimum atomic E-state index is -5.63. The quantitative estimate of drug-likeness (QED) is 0.224. The van der Waals surface area contributed by atoms with Crippen LogP contribution < -0.4 is 11.2 Å². The van der Waals surface area contributed by atoms with Gasteiger partial charge in [-0.05, 0) is 0 Å². The summed E-state index contributed by atoms with van der Waals surface area (Å²) >= 11 is 0. The summed E-state index contributed by atoms with van der Waals surface area (Å²) in [5.41, 5.74) is -1.70. The number of aromatic nitrogens is 2. The molecule has 2 heterocycles. The van der Waals surface area contributed by atoms with Crippen molar-refractivity contribution in [1.82, 2.24) is 9.13 Å². The second kappa shape index (κ2) is 9.68. The largest absolute Gasteiger partial charge is 0.490 e. The van der Waals surface area contributed by atoms with Gasteiger partial charge in [-0.1, -0.05) is 0 Å². The zero-order valence-electron chi connectivity index (χ0n) is 16.6. The molecular weight excluding hydrogens is 505 g/mol. The first-order chi connectivity index (χ1) is 14.5. The number of aliphatic hydroxyl groups is 2. The number of phosphoric ester groups is 2. The minimum Gasteiger partial charge on any atom is -0.387 e. The van der Waals surface area contributed by atoms with E-state index in [1.165, 1.54) is 14.1 Å². The zero-order chi connectivity index (χ0) is 24.6. The van der Waals surface area contributed by atoms with E-state index < -0.39 is 65.7 Å². The molecule has 1 aliphatic rings. The third-order valence-corrected chi connectivity index (χ3v) is 8.43. The highest BCUT2D eigenvalue weighted by atomic mass is 31.3. The molecule has 5 N–H and O–H groups in total. The number of nitrogens with zero attached hydrogens (tertiary/aromatic N) is 2. The number of ether oxygens (including phenoxy) is 1. The maximum absolute atomic E-state index is 12.3. The van der Waals surface area contributed by atoms with Gasteiger partial charge >= 0.3 is 29.2 Å². The molecule has 5 unspecified atom stereocenters. The molecule has 17 nitrogen and oxygen atoms in total. The number of phosphoric acid groups is 3. The lowest BCUT2D eigenvalue weighted by Gasteiger charge is -2.19. The van der Waals surface area contributed by atoms with E-state index in [0.717, 1.165) is 15.3 Å². The van der Waals surface area contributed by atoms with Crippen LogP contribution in [0.1, 0.15) is 11.7 Å². The molecule has 1 saturated heterocycles. The highest BCUT2D eigenvalue weighted by molar-refractivity contribution is 7.66. The second-order valence-corrected chi connectivity index (χ2v) is 11.2. The fourth-order valence-electron chi connectivity index (χ4n) is 2.68. The molecular formula is C12H21N2O15P3. The van der Waals surface area contributed by atoms with Crippen molar-refractivity contribution in [3.05, 3.63) is 32.6 Å². The van der Waals surface area contributed by atoms with Crippen LogP contribution >= 0.6 is 23.5 Å². The highest BCUT2D eigenvalue weighted by Crippen LogP contribution is 2.67. The van der Waals surface area contributed by atoms with Gasteiger partial charge in [0.15, 0.2) is 0 Å². The van der Waals surface area contributed by atoms with Gasteiger partial charge in [0.25, 0.3) is 5.56 Å². The van der Waals surface area contributed by atoms with Crippen molar-refractivity contribution in [2.75, 3.05) is 13.7 Å². The van der Waals surface area contributed by atoms with E-state index >= 15 is 0 Å². The van der Waals surface area contributed by atoms with E-state index in [1.54, 1.807) is 0 Å².